The molecule has 5 nitrogen and oxygen atoms in total. The standard InChI is InChI=1S/C18H17NO4/c1-22-18(21)13-8-6-12(7-9-13)17(20)19-10-14-11-23-16-5-3-2-4-15(14)16/h2-9,14H,10-11H2,1H3,(H,19,20)/t14-/m1/s1. The minimum Gasteiger partial charge on any atom is -0.493 e. The Labute approximate surface area is 134 Å². The first-order chi connectivity index (χ1) is 11.2. The van der Waals surface area contributed by atoms with Crippen molar-refractivity contribution in [2.24, 2.45) is 0 Å². The highest BCUT2D eigenvalue weighted by Crippen LogP contribution is 2.32. The Morgan fingerprint density at radius 2 is 1.83 bits per heavy atom. The molecule has 0 aromatic heterocycles. The molecule has 2 aromatic rings. The van der Waals surface area contributed by atoms with Gasteiger partial charge in [0.05, 0.1) is 19.3 Å². The Balaban J connectivity index is 1.61. The van der Waals surface area contributed by atoms with Gasteiger partial charge in [0, 0.05) is 23.6 Å². The van der Waals surface area contributed by atoms with Gasteiger partial charge in [0.1, 0.15) is 5.75 Å². The van der Waals surface area contributed by atoms with Crippen LogP contribution in [-0.4, -0.2) is 32.1 Å². The van der Waals surface area contributed by atoms with E-state index in [1.807, 2.05) is 24.3 Å². The lowest BCUT2D eigenvalue weighted by Gasteiger charge is -2.11. The number of fused-ring (bicyclic) bond motifs is 1. The molecule has 2 aromatic carbocycles. The molecule has 3 rings (SSSR count). The molecule has 0 aliphatic carbocycles. The molecule has 1 aliphatic rings. The third kappa shape index (κ3) is 3.18. The first-order valence-electron chi connectivity index (χ1n) is 7.37. The molecule has 0 spiro atoms. The fourth-order valence-electron chi connectivity index (χ4n) is 2.59. The summed E-state index contributed by atoms with van der Waals surface area (Å²) in [4.78, 5) is 23.6. The second-order valence-electron chi connectivity index (χ2n) is 5.32. The van der Waals surface area contributed by atoms with Crippen molar-refractivity contribution >= 4 is 11.9 Å². The molecule has 0 saturated heterocycles. The van der Waals surface area contributed by atoms with Crippen molar-refractivity contribution in [2.75, 3.05) is 20.3 Å². The Morgan fingerprint density at radius 3 is 2.57 bits per heavy atom. The predicted octanol–water partition coefficient (Wildman–Crippen LogP) is 2.38. The maximum Gasteiger partial charge on any atom is 0.337 e. The number of rotatable bonds is 4. The van der Waals surface area contributed by atoms with E-state index in [9.17, 15) is 9.59 Å². The SMILES string of the molecule is COC(=O)c1ccc(C(=O)NC[C@@H]2COc3ccccc32)cc1. The highest BCUT2D eigenvalue weighted by Gasteiger charge is 2.24. The lowest BCUT2D eigenvalue weighted by molar-refractivity contribution is 0.0600. The van der Waals surface area contributed by atoms with Gasteiger partial charge in [-0.15, -0.1) is 0 Å². The molecule has 23 heavy (non-hydrogen) atoms. The van der Waals surface area contributed by atoms with Crippen LogP contribution < -0.4 is 10.1 Å². The Bertz CT molecular complexity index is 724. The second kappa shape index (κ2) is 6.52. The van der Waals surface area contributed by atoms with Gasteiger partial charge in [0.25, 0.3) is 5.91 Å². The van der Waals surface area contributed by atoms with Crippen molar-refractivity contribution < 1.29 is 19.1 Å². The normalized spacial score (nSPS) is 15.4. The number of amides is 1. The monoisotopic (exact) mass is 311 g/mol. The largest absolute Gasteiger partial charge is 0.493 e. The van der Waals surface area contributed by atoms with Gasteiger partial charge >= 0.3 is 5.97 Å². The summed E-state index contributed by atoms with van der Waals surface area (Å²) in [6.07, 6.45) is 0. The minimum atomic E-state index is -0.420. The molecule has 0 bridgehead atoms. The van der Waals surface area contributed by atoms with Crippen molar-refractivity contribution in [3.8, 4) is 5.75 Å². The molecule has 0 unspecified atom stereocenters. The molecule has 1 aliphatic heterocycles. The van der Waals surface area contributed by atoms with E-state index in [0.717, 1.165) is 11.3 Å². The topological polar surface area (TPSA) is 64.6 Å². The van der Waals surface area contributed by atoms with Crippen LogP contribution in [0.2, 0.25) is 0 Å². The number of nitrogens with one attached hydrogen (secondary N) is 1. The smallest absolute Gasteiger partial charge is 0.337 e. The fraction of sp³-hybridized carbons (Fsp3) is 0.222. The summed E-state index contributed by atoms with van der Waals surface area (Å²) in [6, 6.07) is 14.2. The number of esters is 1. The lowest BCUT2D eigenvalue weighted by Crippen LogP contribution is -2.29. The van der Waals surface area contributed by atoms with Gasteiger partial charge < -0.3 is 14.8 Å². The number of hydrogen-bond donors (Lipinski definition) is 1. The third-order valence-corrected chi connectivity index (χ3v) is 3.88. The summed E-state index contributed by atoms with van der Waals surface area (Å²) in [6.45, 7) is 1.08. The van der Waals surface area contributed by atoms with Crippen molar-refractivity contribution in [2.45, 2.75) is 5.92 Å². The number of carbonyl (C=O) groups is 2. The number of carbonyl (C=O) groups excluding carboxylic acids is 2. The van der Waals surface area contributed by atoms with E-state index in [1.54, 1.807) is 24.3 Å². The maximum absolute atomic E-state index is 12.2. The first kappa shape index (κ1) is 15.1. The van der Waals surface area contributed by atoms with Gasteiger partial charge in [-0.05, 0) is 30.3 Å². The van der Waals surface area contributed by atoms with Gasteiger partial charge in [0.15, 0.2) is 0 Å². The third-order valence-electron chi connectivity index (χ3n) is 3.88. The second-order valence-corrected chi connectivity index (χ2v) is 5.32. The van der Waals surface area contributed by atoms with Crippen molar-refractivity contribution in [3.05, 3.63) is 65.2 Å². The van der Waals surface area contributed by atoms with Gasteiger partial charge in [-0.1, -0.05) is 18.2 Å². The summed E-state index contributed by atoms with van der Waals surface area (Å²) < 4.78 is 10.2. The van der Waals surface area contributed by atoms with Crippen LogP contribution in [0.3, 0.4) is 0 Å². The van der Waals surface area contributed by atoms with Gasteiger partial charge in [0.2, 0.25) is 0 Å². The van der Waals surface area contributed by atoms with Crippen LogP contribution in [0.5, 0.6) is 5.75 Å². The summed E-state index contributed by atoms with van der Waals surface area (Å²) in [7, 11) is 1.32. The molecule has 1 amide bonds. The average molecular weight is 311 g/mol. The van der Waals surface area contributed by atoms with Crippen LogP contribution in [0, 0.1) is 0 Å². The van der Waals surface area contributed by atoms with E-state index in [-0.39, 0.29) is 11.8 Å². The van der Waals surface area contributed by atoms with Crippen molar-refractivity contribution in [3.63, 3.8) is 0 Å². The molecule has 1 atom stereocenters. The van der Waals surface area contributed by atoms with Crippen molar-refractivity contribution in [1.82, 2.24) is 5.32 Å². The van der Waals surface area contributed by atoms with Crippen LogP contribution in [0.25, 0.3) is 0 Å². The molecular weight excluding hydrogens is 294 g/mol. The summed E-state index contributed by atoms with van der Waals surface area (Å²) in [5.74, 6) is 0.445. The highest BCUT2D eigenvalue weighted by molar-refractivity contribution is 5.96. The highest BCUT2D eigenvalue weighted by atomic mass is 16.5. The van der Waals surface area contributed by atoms with Crippen LogP contribution in [0.4, 0.5) is 0 Å². The molecule has 5 heteroatoms. The Morgan fingerprint density at radius 1 is 1.13 bits per heavy atom. The number of benzene rings is 2. The molecular formula is C18H17NO4. The van der Waals surface area contributed by atoms with E-state index >= 15 is 0 Å². The zero-order valence-corrected chi connectivity index (χ0v) is 12.7. The van der Waals surface area contributed by atoms with E-state index < -0.39 is 5.97 Å². The van der Waals surface area contributed by atoms with E-state index in [1.165, 1.54) is 7.11 Å². The van der Waals surface area contributed by atoms with Crippen molar-refractivity contribution in [1.29, 1.82) is 0 Å². The number of hydrogen-bond acceptors (Lipinski definition) is 4. The number of methoxy groups -OCH3 is 1. The summed E-state index contributed by atoms with van der Waals surface area (Å²) in [5, 5.41) is 2.91. The van der Waals surface area contributed by atoms with Crippen LogP contribution in [-0.2, 0) is 4.74 Å². The zero-order valence-electron chi connectivity index (χ0n) is 12.7. The predicted molar refractivity (Wildman–Crippen MR) is 84.8 cm³/mol. The molecule has 0 radical (unpaired) electrons. The number of para-hydroxylation sites is 1. The van der Waals surface area contributed by atoms with Crippen LogP contribution in [0.15, 0.2) is 48.5 Å². The molecule has 118 valence electrons. The van der Waals surface area contributed by atoms with Gasteiger partial charge in [-0.25, -0.2) is 4.79 Å². The molecule has 1 heterocycles. The maximum atomic E-state index is 12.2. The summed E-state index contributed by atoms with van der Waals surface area (Å²) >= 11 is 0. The lowest BCUT2D eigenvalue weighted by atomic mass is 10.0. The average Bonchev–Trinajstić information content (AvgIpc) is 3.02. The first-order valence-corrected chi connectivity index (χ1v) is 7.37. The van der Waals surface area contributed by atoms with Gasteiger partial charge in [-0.2, -0.15) is 0 Å². The van der Waals surface area contributed by atoms with E-state index in [2.05, 4.69) is 10.1 Å². The minimum absolute atomic E-state index is 0.157. The Kier molecular flexibility index (Phi) is 4.28. The van der Waals surface area contributed by atoms with Crippen LogP contribution >= 0.6 is 0 Å². The Hall–Kier alpha value is -2.82. The zero-order chi connectivity index (χ0) is 16.2. The van der Waals surface area contributed by atoms with E-state index in [0.29, 0.717) is 24.3 Å². The fourth-order valence-corrected chi connectivity index (χ4v) is 2.59. The van der Waals surface area contributed by atoms with Gasteiger partial charge in [-0.3, -0.25) is 4.79 Å². The van der Waals surface area contributed by atoms with Crippen LogP contribution in [0.1, 0.15) is 32.2 Å². The molecule has 1 N–H and O–H groups in total. The van der Waals surface area contributed by atoms with E-state index in [4.69, 9.17) is 4.74 Å². The molecule has 0 saturated carbocycles. The summed E-state index contributed by atoms with van der Waals surface area (Å²) in [5.41, 5.74) is 2.04. The number of ether oxygens (including phenoxy) is 2. The molecule has 0 fully saturated rings. The quantitative estimate of drug-likeness (QED) is 0.881.